The smallest absolute Gasteiger partial charge is 0.200 e. The minimum absolute atomic E-state index is 0.00967. The van der Waals surface area contributed by atoms with E-state index in [1.807, 2.05) is 0 Å². The zero-order chi connectivity index (χ0) is 25.7. The maximum Gasteiger partial charge on any atom is 0.200 e. The summed E-state index contributed by atoms with van der Waals surface area (Å²) in [4.78, 5) is 15.5. The highest BCUT2D eigenvalue weighted by molar-refractivity contribution is 6.09. The highest BCUT2D eigenvalue weighted by atomic mass is 16.5. The van der Waals surface area contributed by atoms with Crippen LogP contribution in [0.2, 0.25) is 0 Å². The first-order valence-electron chi connectivity index (χ1n) is 14.1. The number of benzene rings is 3. The molecule has 0 aromatic heterocycles. The average Bonchev–Trinajstić information content (AvgIpc) is 3.76. The number of rotatable bonds is 4. The number of hydrogen-bond donors (Lipinski definition) is 0. The fourth-order valence-corrected chi connectivity index (χ4v) is 7.53. The number of hydrogen-bond acceptors (Lipinski definition) is 6. The van der Waals surface area contributed by atoms with Crippen molar-refractivity contribution in [3.05, 3.63) is 106 Å². The van der Waals surface area contributed by atoms with Crippen LogP contribution in [0, 0.1) is 5.41 Å². The Labute approximate surface area is 227 Å². The minimum Gasteiger partial charge on any atom is -0.475 e. The molecule has 3 aliphatic heterocycles. The lowest BCUT2D eigenvalue weighted by Crippen LogP contribution is -2.41. The monoisotopic (exact) mass is 515 g/mol. The lowest BCUT2D eigenvalue weighted by atomic mass is 9.85. The van der Waals surface area contributed by atoms with Crippen molar-refractivity contribution in [2.24, 2.45) is 20.4 Å². The van der Waals surface area contributed by atoms with Gasteiger partial charge in [-0.1, -0.05) is 72.8 Å². The van der Waals surface area contributed by atoms with E-state index >= 15 is 0 Å². The summed E-state index contributed by atoms with van der Waals surface area (Å²) in [5, 5.41) is 0. The highest BCUT2D eigenvalue weighted by Crippen LogP contribution is 2.49. The van der Waals surface area contributed by atoms with Gasteiger partial charge in [-0.15, -0.1) is 0 Å². The number of aliphatic imine (C=N–C) groups is 3. The average molecular weight is 516 g/mol. The molecule has 0 saturated heterocycles. The summed E-state index contributed by atoms with van der Waals surface area (Å²) in [5.41, 5.74) is 7.10. The summed E-state index contributed by atoms with van der Waals surface area (Å²) < 4.78 is 19.9. The Bertz CT molecular complexity index is 1550. The van der Waals surface area contributed by atoms with E-state index in [4.69, 9.17) is 29.2 Å². The van der Waals surface area contributed by atoms with Gasteiger partial charge in [0.1, 0.15) is 41.9 Å². The van der Waals surface area contributed by atoms with Gasteiger partial charge in [0.15, 0.2) is 5.90 Å². The van der Waals surface area contributed by atoms with Crippen LogP contribution in [-0.4, -0.2) is 36.0 Å². The van der Waals surface area contributed by atoms with Gasteiger partial charge in [0.05, 0.1) is 0 Å². The van der Waals surface area contributed by atoms with Crippen molar-refractivity contribution >= 4 is 17.7 Å². The van der Waals surface area contributed by atoms with Gasteiger partial charge in [-0.2, -0.15) is 0 Å². The molecule has 0 N–H and O–H groups in total. The van der Waals surface area contributed by atoms with Crippen molar-refractivity contribution in [1.29, 1.82) is 0 Å². The molecular weight excluding hydrogens is 486 g/mol. The van der Waals surface area contributed by atoms with Gasteiger partial charge in [-0.05, 0) is 40.3 Å². The number of ether oxygens (including phenoxy) is 3. The molecule has 0 amide bonds. The standard InChI is InChI=1S/C33H29N3O3/c1-33(31-35-29-22-12-6-3-9-19(22)15-25(29)38-31,32-36-30-23-13-7-4-10-20(23)16-26(30)39-32)17-27-34-28-21-11-5-2-8-18(21)14-24(28)37-27/h2-13,24-26,28-30H,14-17H2,1H3/t24-,25+,26+,28+,29-,30-/m0/s1. The molecule has 3 aliphatic carbocycles. The number of fused-ring (bicyclic) bond motifs is 9. The Balaban J connectivity index is 1.10. The minimum atomic E-state index is -0.699. The van der Waals surface area contributed by atoms with E-state index in [2.05, 4.69) is 79.7 Å². The Morgan fingerprint density at radius 3 is 1.49 bits per heavy atom. The fraction of sp³-hybridized carbons (Fsp3) is 0.364. The van der Waals surface area contributed by atoms with E-state index in [-0.39, 0.29) is 36.4 Å². The van der Waals surface area contributed by atoms with E-state index in [1.165, 1.54) is 33.4 Å². The van der Waals surface area contributed by atoms with Crippen LogP contribution in [0.1, 0.15) is 64.9 Å². The van der Waals surface area contributed by atoms with Crippen molar-refractivity contribution in [2.75, 3.05) is 0 Å². The zero-order valence-electron chi connectivity index (χ0n) is 21.8. The molecule has 6 atom stereocenters. The van der Waals surface area contributed by atoms with Crippen molar-refractivity contribution in [1.82, 2.24) is 0 Å². The molecule has 9 rings (SSSR count). The van der Waals surface area contributed by atoms with E-state index < -0.39 is 5.41 Å². The van der Waals surface area contributed by atoms with Gasteiger partial charge in [0.25, 0.3) is 0 Å². The lowest BCUT2D eigenvalue weighted by Gasteiger charge is -2.29. The van der Waals surface area contributed by atoms with Crippen molar-refractivity contribution < 1.29 is 14.2 Å². The van der Waals surface area contributed by atoms with Gasteiger partial charge in [0, 0.05) is 25.7 Å². The van der Waals surface area contributed by atoms with Crippen LogP contribution in [0.3, 0.4) is 0 Å². The molecule has 6 nitrogen and oxygen atoms in total. The summed E-state index contributed by atoms with van der Waals surface area (Å²) in [7, 11) is 0. The summed E-state index contributed by atoms with van der Waals surface area (Å²) in [6, 6.07) is 25.7. The van der Waals surface area contributed by atoms with Gasteiger partial charge in [0.2, 0.25) is 11.8 Å². The fourth-order valence-electron chi connectivity index (χ4n) is 7.53. The zero-order valence-corrected chi connectivity index (χ0v) is 21.8. The maximum atomic E-state index is 6.68. The Morgan fingerprint density at radius 1 is 0.590 bits per heavy atom. The maximum absolute atomic E-state index is 6.68. The van der Waals surface area contributed by atoms with Crippen LogP contribution in [-0.2, 0) is 33.5 Å². The van der Waals surface area contributed by atoms with Crippen LogP contribution in [0.15, 0.2) is 87.8 Å². The van der Waals surface area contributed by atoms with Gasteiger partial charge >= 0.3 is 0 Å². The third-order valence-electron chi connectivity index (χ3n) is 9.50. The molecule has 6 aliphatic rings. The summed E-state index contributed by atoms with van der Waals surface area (Å²) >= 11 is 0. The van der Waals surface area contributed by atoms with E-state index in [1.54, 1.807) is 0 Å². The molecule has 3 aromatic carbocycles. The molecular formula is C33H29N3O3. The third kappa shape index (κ3) is 3.11. The number of nitrogens with zero attached hydrogens (tertiary/aromatic N) is 3. The van der Waals surface area contributed by atoms with Crippen LogP contribution >= 0.6 is 0 Å². The Hall–Kier alpha value is -3.93. The molecule has 0 bridgehead atoms. The molecule has 0 spiro atoms. The normalized spacial score (nSPS) is 30.5. The van der Waals surface area contributed by atoms with Crippen molar-refractivity contribution in [2.45, 2.75) is 69.0 Å². The molecule has 6 heteroatoms. The summed E-state index contributed by atoms with van der Waals surface area (Å²) in [5.74, 6) is 2.14. The summed E-state index contributed by atoms with van der Waals surface area (Å²) in [6.07, 6.45) is 3.22. The van der Waals surface area contributed by atoms with E-state index in [9.17, 15) is 0 Å². The molecule has 3 heterocycles. The first-order valence-corrected chi connectivity index (χ1v) is 14.1. The van der Waals surface area contributed by atoms with Crippen LogP contribution in [0.25, 0.3) is 0 Å². The molecule has 194 valence electrons. The van der Waals surface area contributed by atoms with Crippen LogP contribution in [0.4, 0.5) is 0 Å². The second kappa shape index (κ2) is 7.81. The molecule has 0 fully saturated rings. The third-order valence-corrected chi connectivity index (χ3v) is 9.50. The molecule has 0 unspecified atom stereocenters. The van der Waals surface area contributed by atoms with Crippen molar-refractivity contribution in [3.8, 4) is 0 Å². The second-order valence-corrected chi connectivity index (χ2v) is 11.9. The topological polar surface area (TPSA) is 64.8 Å². The predicted molar refractivity (Wildman–Crippen MR) is 148 cm³/mol. The molecule has 3 aromatic rings. The quantitative estimate of drug-likeness (QED) is 0.450. The molecule has 39 heavy (non-hydrogen) atoms. The Morgan fingerprint density at radius 2 is 1.00 bits per heavy atom. The molecule has 0 saturated carbocycles. The van der Waals surface area contributed by atoms with Gasteiger partial charge in [-0.3, -0.25) is 0 Å². The summed E-state index contributed by atoms with van der Waals surface area (Å²) in [6.45, 7) is 2.15. The van der Waals surface area contributed by atoms with Crippen LogP contribution in [0.5, 0.6) is 0 Å². The highest BCUT2D eigenvalue weighted by Gasteiger charge is 2.54. The van der Waals surface area contributed by atoms with Gasteiger partial charge in [-0.25, -0.2) is 15.0 Å². The lowest BCUT2D eigenvalue weighted by molar-refractivity contribution is 0.162. The SMILES string of the molecule is CC(CC1=N[C@@H]2c3ccccc3C[C@@H]2O1)(C1=N[C@H]2c3ccccc3C[C@H]2O1)C1=N[C@H]2c3ccccc3C[C@H]2O1. The largest absolute Gasteiger partial charge is 0.475 e. The first kappa shape index (κ1) is 21.9. The predicted octanol–water partition coefficient (Wildman–Crippen LogP) is 5.67. The van der Waals surface area contributed by atoms with Gasteiger partial charge < -0.3 is 14.2 Å². The van der Waals surface area contributed by atoms with E-state index in [0.29, 0.717) is 18.2 Å². The molecule has 0 radical (unpaired) electrons. The van der Waals surface area contributed by atoms with E-state index in [0.717, 1.165) is 25.2 Å². The first-order chi connectivity index (χ1) is 19.1. The second-order valence-electron chi connectivity index (χ2n) is 11.9. The van der Waals surface area contributed by atoms with Crippen LogP contribution < -0.4 is 0 Å². The Kier molecular flexibility index (Phi) is 4.39. The van der Waals surface area contributed by atoms with Crippen molar-refractivity contribution in [3.63, 3.8) is 0 Å².